The molecule has 3 N–H and O–H groups in total. The van der Waals surface area contributed by atoms with E-state index in [0.717, 1.165) is 41.5 Å². The van der Waals surface area contributed by atoms with Gasteiger partial charge in [-0.2, -0.15) is 0 Å². The quantitative estimate of drug-likeness (QED) is 0.477. The lowest BCUT2D eigenvalue weighted by Crippen LogP contribution is -2.59. The van der Waals surface area contributed by atoms with Gasteiger partial charge in [0, 0.05) is 18.4 Å². The maximum atomic E-state index is 12.7. The minimum Gasteiger partial charge on any atom is -0.480 e. The Morgan fingerprint density at radius 2 is 1.68 bits per heavy atom. The van der Waals surface area contributed by atoms with Gasteiger partial charge in [-0.1, -0.05) is 68.3 Å². The van der Waals surface area contributed by atoms with Gasteiger partial charge in [0.25, 0.3) is 0 Å². The molecular weight excluding hydrogens is 432 g/mol. The van der Waals surface area contributed by atoms with Crippen LogP contribution in [-0.2, 0) is 14.3 Å². The van der Waals surface area contributed by atoms with Gasteiger partial charge in [-0.3, -0.25) is 4.79 Å². The number of aliphatic carboxylic acids is 1. The molecule has 180 valence electrons. The Morgan fingerprint density at radius 1 is 1.06 bits per heavy atom. The Morgan fingerprint density at radius 3 is 2.21 bits per heavy atom. The van der Waals surface area contributed by atoms with Crippen LogP contribution in [0.25, 0.3) is 11.1 Å². The molecule has 2 aromatic carbocycles. The molecule has 4 rings (SSSR count). The van der Waals surface area contributed by atoms with E-state index in [1.165, 1.54) is 0 Å². The van der Waals surface area contributed by atoms with Crippen LogP contribution < -0.4 is 10.6 Å². The summed E-state index contributed by atoms with van der Waals surface area (Å²) in [4.78, 5) is 36.8. The number of alkyl carbamates (subject to hydrolysis) is 1. The number of nitrogens with one attached hydrogen (secondary N) is 2. The summed E-state index contributed by atoms with van der Waals surface area (Å²) >= 11 is 0. The van der Waals surface area contributed by atoms with Crippen molar-refractivity contribution in [2.24, 2.45) is 0 Å². The number of hydrogen-bond donors (Lipinski definition) is 3. The zero-order valence-corrected chi connectivity index (χ0v) is 19.5. The highest BCUT2D eigenvalue weighted by Gasteiger charge is 2.45. The summed E-state index contributed by atoms with van der Waals surface area (Å²) in [5, 5.41) is 15.0. The number of carbonyl (C=O) groups excluding carboxylic acids is 2. The summed E-state index contributed by atoms with van der Waals surface area (Å²) in [6.45, 7) is 2.24. The topological polar surface area (TPSA) is 105 Å². The van der Waals surface area contributed by atoms with Crippen molar-refractivity contribution in [2.45, 2.75) is 69.4 Å². The summed E-state index contributed by atoms with van der Waals surface area (Å²) in [5.41, 5.74) is 3.44. The molecule has 2 aliphatic rings. The Labute approximate surface area is 199 Å². The first-order valence-corrected chi connectivity index (χ1v) is 12.1. The van der Waals surface area contributed by atoms with Crippen molar-refractivity contribution >= 4 is 18.0 Å². The van der Waals surface area contributed by atoms with Gasteiger partial charge in [0.1, 0.15) is 12.1 Å². The molecule has 0 saturated heterocycles. The Balaban J connectivity index is 1.36. The van der Waals surface area contributed by atoms with Crippen LogP contribution in [0.4, 0.5) is 4.79 Å². The normalized spacial score (nSPS) is 16.5. The molecule has 0 unspecified atom stereocenters. The first-order chi connectivity index (χ1) is 16.4. The van der Waals surface area contributed by atoms with E-state index in [-0.39, 0.29) is 24.9 Å². The molecule has 1 atom stereocenters. The average molecular weight is 465 g/mol. The van der Waals surface area contributed by atoms with Gasteiger partial charge in [0.15, 0.2) is 0 Å². The maximum Gasteiger partial charge on any atom is 0.407 e. The van der Waals surface area contributed by atoms with E-state index in [1.807, 2.05) is 31.2 Å². The maximum absolute atomic E-state index is 12.7. The second-order valence-electron chi connectivity index (χ2n) is 9.30. The standard InChI is InChI=1S/C27H32N2O5/c1-2-3-9-18(16-24(30)29-27(25(31)32)14-8-15-27)28-26(33)34-17-23-21-12-6-4-10-19(21)20-11-5-7-13-22(20)23/h4-7,10-13,18,23H,2-3,8-9,14-17H2,1H3,(H,28,33)(H,29,30)(H,31,32)/t18-/m1/s1. The van der Waals surface area contributed by atoms with Crippen molar-refractivity contribution < 1.29 is 24.2 Å². The number of unbranched alkanes of at least 4 members (excludes halogenated alkanes) is 1. The molecule has 0 bridgehead atoms. The van der Waals surface area contributed by atoms with Crippen LogP contribution in [0.1, 0.15) is 68.9 Å². The number of hydrogen-bond acceptors (Lipinski definition) is 4. The largest absolute Gasteiger partial charge is 0.480 e. The van der Waals surface area contributed by atoms with Gasteiger partial charge in [-0.05, 0) is 47.9 Å². The molecule has 0 heterocycles. The monoisotopic (exact) mass is 464 g/mol. The summed E-state index contributed by atoms with van der Waals surface area (Å²) in [6, 6.07) is 15.9. The zero-order valence-electron chi connectivity index (χ0n) is 19.5. The molecule has 0 spiro atoms. The van der Waals surface area contributed by atoms with Crippen LogP contribution in [0.3, 0.4) is 0 Å². The molecule has 34 heavy (non-hydrogen) atoms. The lowest BCUT2D eigenvalue weighted by molar-refractivity contribution is -0.151. The number of ether oxygens (including phenoxy) is 1. The molecule has 2 amide bonds. The molecule has 7 heteroatoms. The highest BCUT2D eigenvalue weighted by atomic mass is 16.5. The van der Waals surface area contributed by atoms with Gasteiger partial charge in [-0.15, -0.1) is 0 Å². The van der Waals surface area contributed by atoms with Crippen LogP contribution >= 0.6 is 0 Å². The van der Waals surface area contributed by atoms with Crippen molar-refractivity contribution in [3.05, 3.63) is 59.7 Å². The predicted molar refractivity (Wildman–Crippen MR) is 128 cm³/mol. The fourth-order valence-electron chi connectivity index (χ4n) is 4.95. The van der Waals surface area contributed by atoms with Crippen molar-refractivity contribution in [3.63, 3.8) is 0 Å². The number of carboxylic acid groups (broad SMARTS) is 1. The van der Waals surface area contributed by atoms with Crippen LogP contribution in [0.15, 0.2) is 48.5 Å². The molecule has 7 nitrogen and oxygen atoms in total. The number of fused-ring (bicyclic) bond motifs is 3. The van der Waals surface area contributed by atoms with Gasteiger partial charge in [0.05, 0.1) is 0 Å². The van der Waals surface area contributed by atoms with Crippen LogP contribution in [0.2, 0.25) is 0 Å². The molecule has 0 aromatic heterocycles. The summed E-state index contributed by atoms with van der Waals surface area (Å²) in [6.07, 6.45) is 3.50. The summed E-state index contributed by atoms with van der Waals surface area (Å²) in [5.74, 6) is -1.39. The van der Waals surface area contributed by atoms with E-state index < -0.39 is 23.6 Å². The number of carboxylic acids is 1. The SMILES string of the molecule is CCCC[C@H](CC(=O)NC1(C(=O)O)CCC1)NC(=O)OCC1c2ccccc2-c2ccccc21. The third-order valence-corrected chi connectivity index (χ3v) is 7.00. The molecule has 0 aliphatic heterocycles. The second kappa shape index (κ2) is 10.3. The Hall–Kier alpha value is -3.35. The van der Waals surface area contributed by atoms with Gasteiger partial charge >= 0.3 is 12.1 Å². The number of rotatable bonds is 10. The van der Waals surface area contributed by atoms with Crippen LogP contribution in [0, 0.1) is 0 Å². The highest BCUT2D eigenvalue weighted by Crippen LogP contribution is 2.44. The number of amides is 2. The number of benzene rings is 2. The third kappa shape index (κ3) is 4.93. The summed E-state index contributed by atoms with van der Waals surface area (Å²) in [7, 11) is 0. The van der Waals surface area contributed by atoms with Gasteiger partial charge in [0.2, 0.25) is 5.91 Å². The van der Waals surface area contributed by atoms with E-state index in [9.17, 15) is 19.5 Å². The predicted octanol–water partition coefficient (Wildman–Crippen LogP) is 4.60. The Kier molecular flexibility index (Phi) is 7.20. The van der Waals surface area contributed by atoms with Crippen molar-refractivity contribution in [1.29, 1.82) is 0 Å². The van der Waals surface area contributed by atoms with Gasteiger partial charge in [-0.25, -0.2) is 9.59 Å². The van der Waals surface area contributed by atoms with Crippen molar-refractivity contribution in [2.75, 3.05) is 6.61 Å². The molecule has 1 saturated carbocycles. The molecule has 2 aromatic rings. The third-order valence-electron chi connectivity index (χ3n) is 7.00. The lowest BCUT2D eigenvalue weighted by atomic mass is 9.76. The molecular formula is C27H32N2O5. The first-order valence-electron chi connectivity index (χ1n) is 12.1. The molecule has 0 radical (unpaired) electrons. The van der Waals surface area contributed by atoms with E-state index in [4.69, 9.17) is 4.74 Å². The Bertz CT molecular complexity index is 1020. The lowest BCUT2D eigenvalue weighted by Gasteiger charge is -2.38. The first kappa shape index (κ1) is 23.8. The van der Waals surface area contributed by atoms with E-state index in [1.54, 1.807) is 0 Å². The number of carbonyl (C=O) groups is 3. The molecule has 2 aliphatic carbocycles. The second-order valence-corrected chi connectivity index (χ2v) is 9.30. The fraction of sp³-hybridized carbons (Fsp3) is 0.444. The minimum absolute atomic E-state index is 0.0270. The van der Waals surface area contributed by atoms with E-state index in [0.29, 0.717) is 19.3 Å². The van der Waals surface area contributed by atoms with Crippen molar-refractivity contribution in [1.82, 2.24) is 10.6 Å². The van der Waals surface area contributed by atoms with Crippen LogP contribution in [0.5, 0.6) is 0 Å². The highest BCUT2D eigenvalue weighted by molar-refractivity contribution is 5.88. The smallest absolute Gasteiger partial charge is 0.407 e. The van der Waals surface area contributed by atoms with Crippen molar-refractivity contribution in [3.8, 4) is 11.1 Å². The van der Waals surface area contributed by atoms with Gasteiger partial charge < -0.3 is 20.5 Å². The average Bonchev–Trinajstić information content (AvgIpc) is 3.12. The van der Waals surface area contributed by atoms with E-state index >= 15 is 0 Å². The van der Waals surface area contributed by atoms with Crippen LogP contribution in [-0.4, -0.2) is 41.3 Å². The summed E-state index contributed by atoms with van der Waals surface area (Å²) < 4.78 is 5.63. The fourth-order valence-corrected chi connectivity index (χ4v) is 4.95. The zero-order chi connectivity index (χ0) is 24.1. The molecule has 1 fully saturated rings. The minimum atomic E-state index is -1.16. The van der Waals surface area contributed by atoms with E-state index in [2.05, 4.69) is 34.9 Å².